The predicted molar refractivity (Wildman–Crippen MR) is 42.1 cm³/mol. The van der Waals surface area contributed by atoms with Crippen LogP contribution in [0.15, 0.2) is 30.3 Å². The van der Waals surface area contributed by atoms with E-state index in [4.69, 9.17) is 0 Å². The van der Waals surface area contributed by atoms with Crippen molar-refractivity contribution in [2.24, 2.45) is 0 Å². The lowest BCUT2D eigenvalue weighted by Crippen LogP contribution is -2.06. The Morgan fingerprint density at radius 3 is 2.33 bits per heavy atom. The Morgan fingerprint density at radius 1 is 1.11 bits per heavy atom. The average molecular weight is 187 g/mol. The van der Waals surface area contributed by atoms with E-state index in [2.05, 4.69) is 26.0 Å². The molecule has 0 amide bonds. The largest absolute Gasteiger partial charge is 0.312 e. The molecule has 9 heavy (non-hydrogen) atoms. The van der Waals surface area contributed by atoms with Crippen LogP contribution in [0.5, 0.6) is 0 Å². The van der Waals surface area contributed by atoms with Crippen LogP contribution in [-0.4, -0.2) is 0 Å². The molecule has 0 aliphatic heterocycles. The van der Waals surface area contributed by atoms with Crippen molar-refractivity contribution >= 4 is 21.8 Å². The fourth-order valence-corrected chi connectivity index (χ4v) is 0.805. The van der Waals surface area contributed by atoms with E-state index in [0.29, 0.717) is 0 Å². The van der Waals surface area contributed by atoms with Gasteiger partial charge in [-0.1, -0.05) is 18.2 Å². The maximum absolute atomic E-state index is 3.02. The number of hydrogen-bond acceptors (Lipinski definition) is 2. The Balaban J connectivity index is 2.61. The first-order valence-corrected chi connectivity index (χ1v) is 3.39. The Morgan fingerprint density at radius 2 is 1.78 bits per heavy atom. The van der Waals surface area contributed by atoms with Crippen LogP contribution >= 0.6 is 16.1 Å². The highest BCUT2D eigenvalue weighted by molar-refractivity contribution is 9.08. The number of benzene rings is 1. The predicted octanol–water partition coefficient (Wildman–Crippen LogP) is 1.91. The monoisotopic (exact) mass is 186 g/mol. The second kappa shape index (κ2) is 3.48. The van der Waals surface area contributed by atoms with Crippen LogP contribution in [0, 0.1) is 0 Å². The SMILES string of the molecule is BrNNc1ccccc1. The zero-order chi connectivity index (χ0) is 6.53. The smallest absolute Gasteiger partial charge is 0.0496 e. The van der Waals surface area contributed by atoms with E-state index in [1.807, 2.05) is 30.3 Å². The summed E-state index contributed by atoms with van der Waals surface area (Å²) in [4.78, 5) is 0. The van der Waals surface area contributed by atoms with Crippen LogP contribution in [-0.2, 0) is 0 Å². The molecule has 0 aliphatic carbocycles. The van der Waals surface area contributed by atoms with E-state index in [1.165, 1.54) is 0 Å². The zero-order valence-corrected chi connectivity index (χ0v) is 6.35. The summed E-state index contributed by atoms with van der Waals surface area (Å²) in [5, 5.41) is 0. The van der Waals surface area contributed by atoms with Crippen molar-refractivity contribution in [3.8, 4) is 0 Å². The second-order valence-electron chi connectivity index (χ2n) is 1.59. The third kappa shape index (κ3) is 2.03. The standard InChI is InChI=1S/C6H7BrN2/c7-9-8-6-4-2-1-3-5-6/h1-5,8-9H. The van der Waals surface area contributed by atoms with E-state index in [9.17, 15) is 0 Å². The van der Waals surface area contributed by atoms with Gasteiger partial charge in [-0.3, -0.25) is 0 Å². The van der Waals surface area contributed by atoms with Gasteiger partial charge in [-0.25, -0.2) is 0 Å². The summed E-state index contributed by atoms with van der Waals surface area (Å²) in [6.07, 6.45) is 0. The molecule has 0 aliphatic rings. The average Bonchev–Trinajstić information content (AvgIpc) is 1.91. The number of hydrogen-bond donors (Lipinski definition) is 2. The first-order chi connectivity index (χ1) is 4.43. The highest BCUT2D eigenvalue weighted by Crippen LogP contribution is 2.02. The van der Waals surface area contributed by atoms with Gasteiger partial charge in [0, 0.05) is 21.8 Å². The first-order valence-electron chi connectivity index (χ1n) is 2.60. The maximum Gasteiger partial charge on any atom is 0.0496 e. The number of hydrazine groups is 1. The van der Waals surface area contributed by atoms with Gasteiger partial charge in [-0.05, 0) is 12.1 Å². The molecule has 48 valence electrons. The lowest BCUT2D eigenvalue weighted by atomic mass is 10.3. The molecule has 0 radical (unpaired) electrons. The lowest BCUT2D eigenvalue weighted by molar-refractivity contribution is 1.25. The molecule has 0 bridgehead atoms. The summed E-state index contributed by atoms with van der Waals surface area (Å²) < 4.78 is 2.65. The number of para-hydroxylation sites is 1. The summed E-state index contributed by atoms with van der Waals surface area (Å²) in [5.74, 6) is 0. The molecule has 0 saturated carbocycles. The van der Waals surface area contributed by atoms with Crippen molar-refractivity contribution in [3.63, 3.8) is 0 Å². The van der Waals surface area contributed by atoms with Gasteiger partial charge in [-0.15, -0.1) is 0 Å². The minimum atomic E-state index is 1.04. The van der Waals surface area contributed by atoms with E-state index in [-0.39, 0.29) is 0 Å². The molecule has 0 heterocycles. The summed E-state index contributed by atoms with van der Waals surface area (Å²) >= 11 is 3.02. The van der Waals surface area contributed by atoms with Gasteiger partial charge in [0.05, 0.1) is 0 Å². The van der Waals surface area contributed by atoms with Crippen molar-refractivity contribution in [1.82, 2.24) is 4.45 Å². The van der Waals surface area contributed by atoms with E-state index >= 15 is 0 Å². The van der Waals surface area contributed by atoms with Crippen LogP contribution in [0.3, 0.4) is 0 Å². The van der Waals surface area contributed by atoms with Gasteiger partial charge in [-0.2, -0.15) is 4.45 Å². The molecule has 0 unspecified atom stereocenters. The Kier molecular flexibility index (Phi) is 2.54. The van der Waals surface area contributed by atoms with Crippen molar-refractivity contribution in [1.29, 1.82) is 0 Å². The van der Waals surface area contributed by atoms with Gasteiger partial charge in [0.1, 0.15) is 0 Å². The normalized spacial score (nSPS) is 9.00. The van der Waals surface area contributed by atoms with Gasteiger partial charge in [0.15, 0.2) is 0 Å². The molecule has 3 heteroatoms. The molecule has 1 rings (SSSR count). The molecule has 0 aromatic heterocycles. The number of halogens is 1. The van der Waals surface area contributed by atoms with E-state index < -0.39 is 0 Å². The third-order valence-electron chi connectivity index (χ3n) is 0.965. The summed E-state index contributed by atoms with van der Waals surface area (Å²) in [5.41, 5.74) is 3.91. The lowest BCUT2D eigenvalue weighted by Gasteiger charge is -1.99. The van der Waals surface area contributed by atoms with Crippen LogP contribution in [0.1, 0.15) is 0 Å². The third-order valence-corrected chi connectivity index (χ3v) is 1.16. The highest BCUT2D eigenvalue weighted by Gasteiger charge is 1.81. The van der Waals surface area contributed by atoms with Crippen LogP contribution in [0.2, 0.25) is 0 Å². The minimum absolute atomic E-state index is 1.04. The van der Waals surface area contributed by atoms with Gasteiger partial charge in [0.25, 0.3) is 0 Å². The van der Waals surface area contributed by atoms with E-state index in [1.54, 1.807) is 0 Å². The molecule has 0 saturated heterocycles. The second-order valence-corrected chi connectivity index (χ2v) is 1.98. The van der Waals surface area contributed by atoms with Crippen molar-refractivity contribution in [2.75, 3.05) is 5.43 Å². The maximum atomic E-state index is 3.02. The van der Waals surface area contributed by atoms with Crippen molar-refractivity contribution in [3.05, 3.63) is 30.3 Å². The quantitative estimate of drug-likeness (QED) is 0.545. The minimum Gasteiger partial charge on any atom is -0.312 e. The Hall–Kier alpha value is -0.540. The van der Waals surface area contributed by atoms with Crippen molar-refractivity contribution in [2.45, 2.75) is 0 Å². The van der Waals surface area contributed by atoms with Crippen LogP contribution < -0.4 is 9.88 Å². The molecule has 1 aromatic rings. The summed E-state index contributed by atoms with van der Waals surface area (Å²) in [6.45, 7) is 0. The van der Waals surface area contributed by atoms with Crippen LogP contribution in [0.25, 0.3) is 0 Å². The molecule has 0 spiro atoms. The van der Waals surface area contributed by atoms with Gasteiger partial charge >= 0.3 is 0 Å². The number of nitrogens with one attached hydrogen (secondary N) is 2. The number of anilines is 1. The highest BCUT2D eigenvalue weighted by atomic mass is 79.9. The van der Waals surface area contributed by atoms with Gasteiger partial charge < -0.3 is 5.43 Å². The fourth-order valence-electron chi connectivity index (χ4n) is 0.576. The topological polar surface area (TPSA) is 24.1 Å². The van der Waals surface area contributed by atoms with Gasteiger partial charge in [0.2, 0.25) is 0 Å². The first kappa shape index (κ1) is 6.58. The van der Waals surface area contributed by atoms with Crippen molar-refractivity contribution < 1.29 is 0 Å². The summed E-state index contributed by atoms with van der Waals surface area (Å²) in [7, 11) is 0. The van der Waals surface area contributed by atoms with Crippen LogP contribution in [0.4, 0.5) is 5.69 Å². The zero-order valence-electron chi connectivity index (χ0n) is 4.76. The molecule has 0 fully saturated rings. The molecular weight excluding hydrogens is 180 g/mol. The molecule has 2 N–H and O–H groups in total. The molecule has 0 atom stereocenters. The number of rotatable bonds is 2. The molecule has 1 aromatic carbocycles. The van der Waals surface area contributed by atoms with E-state index in [0.717, 1.165) is 5.69 Å². The Labute approximate surface area is 62.6 Å². The fraction of sp³-hybridized carbons (Fsp3) is 0. The molecule has 2 nitrogen and oxygen atoms in total. The Bertz CT molecular complexity index is 164. The molecular formula is C6H7BrN2. The summed E-state index contributed by atoms with van der Waals surface area (Å²) in [6, 6.07) is 9.83.